The van der Waals surface area contributed by atoms with Crippen LogP contribution in [0.1, 0.15) is 63.3 Å². The fourth-order valence-corrected chi connectivity index (χ4v) is 4.16. The fourth-order valence-electron chi connectivity index (χ4n) is 4.16. The summed E-state index contributed by atoms with van der Waals surface area (Å²) in [5.74, 6) is -1.01. The number of rotatable bonds is 6. The highest BCUT2D eigenvalue weighted by Gasteiger charge is 2.34. The van der Waals surface area contributed by atoms with Crippen LogP contribution in [-0.4, -0.2) is 36.2 Å². The fraction of sp³-hybridized carbons (Fsp3) is 0.444. The molecule has 0 bridgehead atoms. The van der Waals surface area contributed by atoms with Crippen LogP contribution >= 0.6 is 0 Å². The number of benzene rings is 2. The third-order valence-corrected chi connectivity index (χ3v) is 6.30. The summed E-state index contributed by atoms with van der Waals surface area (Å²) < 4.78 is 0. The molecule has 2 N–H and O–H groups in total. The van der Waals surface area contributed by atoms with E-state index in [-0.39, 0.29) is 29.6 Å². The average molecular weight is 450 g/mol. The third kappa shape index (κ3) is 6.01. The van der Waals surface area contributed by atoms with Crippen molar-refractivity contribution in [2.75, 3.05) is 18.9 Å². The van der Waals surface area contributed by atoms with Crippen LogP contribution in [0.15, 0.2) is 48.5 Å². The second-order valence-electron chi connectivity index (χ2n) is 9.80. The van der Waals surface area contributed by atoms with E-state index < -0.39 is 12.0 Å². The number of amides is 3. The Kier molecular flexibility index (Phi) is 7.57. The average Bonchev–Trinajstić information content (AvgIpc) is 2.79. The topological polar surface area (TPSA) is 78.5 Å². The number of hydrogen-bond acceptors (Lipinski definition) is 3. The smallest absolute Gasteiger partial charge is 0.251 e. The summed E-state index contributed by atoms with van der Waals surface area (Å²) in [4.78, 5) is 40.0. The Bertz CT molecular complexity index is 991. The molecule has 176 valence electrons. The van der Waals surface area contributed by atoms with Gasteiger partial charge in [-0.05, 0) is 47.1 Å². The molecule has 2 aromatic rings. The summed E-state index contributed by atoms with van der Waals surface area (Å²) in [7, 11) is 1.65. The molecule has 6 heteroatoms. The first-order chi connectivity index (χ1) is 15.6. The van der Waals surface area contributed by atoms with Crippen LogP contribution in [0, 0.1) is 5.92 Å². The summed E-state index contributed by atoms with van der Waals surface area (Å²) in [6.45, 7) is 8.98. The van der Waals surface area contributed by atoms with Crippen LogP contribution < -0.4 is 10.6 Å². The molecule has 0 aliphatic carbocycles. The van der Waals surface area contributed by atoms with Gasteiger partial charge in [0.2, 0.25) is 11.8 Å². The quantitative estimate of drug-likeness (QED) is 0.693. The van der Waals surface area contributed by atoms with E-state index in [2.05, 4.69) is 38.3 Å². The summed E-state index contributed by atoms with van der Waals surface area (Å²) in [6, 6.07) is 14.8. The van der Waals surface area contributed by atoms with Gasteiger partial charge in [0.25, 0.3) is 5.91 Å². The van der Waals surface area contributed by atoms with Crippen LogP contribution in [0.2, 0.25) is 0 Å². The highest BCUT2D eigenvalue weighted by Crippen LogP contribution is 2.28. The molecule has 1 aliphatic heterocycles. The zero-order valence-corrected chi connectivity index (χ0v) is 20.3. The summed E-state index contributed by atoms with van der Waals surface area (Å²) in [6.07, 6.45) is 1.62. The molecule has 0 radical (unpaired) electrons. The highest BCUT2D eigenvalue weighted by molar-refractivity contribution is 5.98. The van der Waals surface area contributed by atoms with Gasteiger partial charge in [0.15, 0.2) is 0 Å². The van der Waals surface area contributed by atoms with E-state index in [1.807, 2.05) is 48.5 Å². The predicted molar refractivity (Wildman–Crippen MR) is 131 cm³/mol. The number of piperidine rings is 1. The van der Waals surface area contributed by atoms with Gasteiger partial charge in [0.1, 0.15) is 6.04 Å². The minimum Gasteiger partial charge on any atom is -0.356 e. The molecule has 0 spiro atoms. The molecule has 3 rings (SSSR count). The molecule has 0 saturated carbocycles. The molecule has 33 heavy (non-hydrogen) atoms. The van der Waals surface area contributed by atoms with Crippen LogP contribution in [0.25, 0.3) is 0 Å². The first-order valence-electron chi connectivity index (χ1n) is 11.6. The number of hydrogen-bond donors (Lipinski definition) is 2. The van der Waals surface area contributed by atoms with Crippen LogP contribution in [0.5, 0.6) is 0 Å². The van der Waals surface area contributed by atoms with Crippen LogP contribution in [0.3, 0.4) is 0 Å². The number of carbonyl (C=O) groups is 3. The highest BCUT2D eigenvalue weighted by atomic mass is 16.2. The number of nitrogens with one attached hydrogen (secondary N) is 2. The third-order valence-electron chi connectivity index (χ3n) is 6.30. The molecule has 2 aromatic carbocycles. The van der Waals surface area contributed by atoms with Crippen molar-refractivity contribution in [2.45, 2.75) is 58.4 Å². The number of anilines is 1. The Morgan fingerprint density at radius 2 is 1.73 bits per heavy atom. The molecule has 1 fully saturated rings. The van der Waals surface area contributed by atoms with E-state index in [0.29, 0.717) is 18.7 Å². The molecule has 2 unspecified atom stereocenters. The largest absolute Gasteiger partial charge is 0.356 e. The van der Waals surface area contributed by atoms with Gasteiger partial charge in [0, 0.05) is 31.6 Å². The van der Waals surface area contributed by atoms with Crippen molar-refractivity contribution in [3.8, 4) is 0 Å². The van der Waals surface area contributed by atoms with Gasteiger partial charge in [-0.15, -0.1) is 0 Å². The Morgan fingerprint density at radius 3 is 2.27 bits per heavy atom. The number of nitrogens with zero attached hydrogens (tertiary/aromatic N) is 1. The van der Waals surface area contributed by atoms with Gasteiger partial charge in [-0.1, -0.05) is 64.1 Å². The maximum atomic E-state index is 13.5. The van der Waals surface area contributed by atoms with Gasteiger partial charge in [-0.25, -0.2) is 0 Å². The summed E-state index contributed by atoms with van der Waals surface area (Å²) in [5, 5.41) is 5.74. The Hall–Kier alpha value is -3.15. The normalized spacial score (nSPS) is 17.1. The first-order valence-corrected chi connectivity index (χ1v) is 11.6. The molecule has 1 aliphatic rings. The zero-order valence-electron chi connectivity index (χ0n) is 20.3. The zero-order chi connectivity index (χ0) is 24.2. The lowest BCUT2D eigenvalue weighted by Gasteiger charge is -2.32. The minimum atomic E-state index is -0.796. The Labute approximate surface area is 196 Å². The number of aryl methyl sites for hydroxylation is 1. The maximum absolute atomic E-state index is 13.5. The molecule has 6 nitrogen and oxygen atoms in total. The summed E-state index contributed by atoms with van der Waals surface area (Å²) in [5.41, 5.74) is 3.78. The molecular weight excluding hydrogens is 414 g/mol. The minimum absolute atomic E-state index is 0.0189. The van der Waals surface area contributed by atoms with Crippen molar-refractivity contribution in [1.82, 2.24) is 10.2 Å². The van der Waals surface area contributed by atoms with Gasteiger partial charge in [-0.2, -0.15) is 0 Å². The molecule has 1 heterocycles. The first kappa shape index (κ1) is 24.5. The number of likely N-dealkylation sites (N-methyl/N-ethyl adjacent to an activating group) is 1. The van der Waals surface area contributed by atoms with Crippen molar-refractivity contribution in [3.05, 3.63) is 65.2 Å². The lowest BCUT2D eigenvalue weighted by Crippen LogP contribution is -2.45. The van der Waals surface area contributed by atoms with Gasteiger partial charge < -0.3 is 15.5 Å². The van der Waals surface area contributed by atoms with Crippen molar-refractivity contribution >= 4 is 23.4 Å². The number of carbonyl (C=O) groups excluding carboxylic acids is 3. The van der Waals surface area contributed by atoms with Crippen molar-refractivity contribution in [2.24, 2.45) is 5.92 Å². The van der Waals surface area contributed by atoms with E-state index in [4.69, 9.17) is 0 Å². The molecular formula is C27H35N3O3. The molecule has 1 saturated heterocycles. The second kappa shape index (κ2) is 10.2. The van der Waals surface area contributed by atoms with E-state index in [9.17, 15) is 14.4 Å². The second-order valence-corrected chi connectivity index (χ2v) is 9.80. The van der Waals surface area contributed by atoms with E-state index in [0.717, 1.165) is 17.5 Å². The molecule has 0 aromatic heterocycles. The van der Waals surface area contributed by atoms with Gasteiger partial charge in [0.05, 0.1) is 0 Å². The van der Waals surface area contributed by atoms with Gasteiger partial charge in [-0.3, -0.25) is 14.4 Å². The Morgan fingerprint density at radius 1 is 1.09 bits per heavy atom. The van der Waals surface area contributed by atoms with E-state index in [1.54, 1.807) is 7.05 Å². The monoisotopic (exact) mass is 449 g/mol. The molecule has 2 atom stereocenters. The molecule has 3 amide bonds. The summed E-state index contributed by atoms with van der Waals surface area (Å²) >= 11 is 0. The van der Waals surface area contributed by atoms with Crippen molar-refractivity contribution in [3.63, 3.8) is 0 Å². The maximum Gasteiger partial charge on any atom is 0.251 e. The van der Waals surface area contributed by atoms with Crippen molar-refractivity contribution in [1.29, 1.82) is 0 Å². The van der Waals surface area contributed by atoms with Crippen molar-refractivity contribution < 1.29 is 14.4 Å². The standard InChI is InChI=1S/C27H35N3O3/c1-6-18-7-9-19(10-8-18)24(30(5)26(33)20-15-16-28-23(31)17-20)25(32)29-22-13-11-21(12-14-22)27(2,3)4/h7-14,20,24H,6,15-17H2,1-5H3,(H,28,31)(H,29,32). The van der Waals surface area contributed by atoms with Crippen LogP contribution in [0.4, 0.5) is 5.69 Å². The predicted octanol–water partition coefficient (Wildman–Crippen LogP) is 4.21. The SMILES string of the molecule is CCc1ccc(C(C(=O)Nc2ccc(C(C)(C)C)cc2)N(C)C(=O)C2CCNC(=O)C2)cc1. The van der Waals surface area contributed by atoms with Crippen LogP contribution in [-0.2, 0) is 26.2 Å². The lowest BCUT2D eigenvalue weighted by molar-refractivity contribution is -0.143. The van der Waals surface area contributed by atoms with Gasteiger partial charge >= 0.3 is 0 Å². The van der Waals surface area contributed by atoms with E-state index >= 15 is 0 Å². The van der Waals surface area contributed by atoms with E-state index in [1.165, 1.54) is 10.5 Å². The lowest BCUT2D eigenvalue weighted by atomic mass is 9.87. The Balaban J connectivity index is 1.86.